The second-order valence-corrected chi connectivity index (χ2v) is 4.07. The molecule has 0 rings (SSSR count). The standard InChI is InChI=1S/C10H21NO3/c1-4-5-11(9(2)14)6-10(3,7-12)8-13/h12-13H,4-8H2,1-3H3. The van der Waals surface area contributed by atoms with E-state index in [1.165, 1.54) is 6.92 Å². The van der Waals surface area contributed by atoms with E-state index in [1.54, 1.807) is 11.8 Å². The Bertz CT molecular complexity index is 178. The third-order valence-electron chi connectivity index (χ3n) is 2.27. The Kier molecular flexibility index (Phi) is 5.72. The quantitative estimate of drug-likeness (QED) is 0.650. The summed E-state index contributed by atoms with van der Waals surface area (Å²) in [6.45, 7) is 6.11. The molecule has 0 heterocycles. The van der Waals surface area contributed by atoms with Gasteiger partial charge >= 0.3 is 0 Å². The van der Waals surface area contributed by atoms with Crippen LogP contribution in [-0.4, -0.2) is 47.3 Å². The number of carbonyl (C=O) groups is 1. The van der Waals surface area contributed by atoms with Crippen molar-refractivity contribution < 1.29 is 15.0 Å². The number of nitrogens with zero attached hydrogens (tertiary/aromatic N) is 1. The van der Waals surface area contributed by atoms with Crippen LogP contribution in [0.1, 0.15) is 27.2 Å². The zero-order valence-corrected chi connectivity index (χ0v) is 9.29. The van der Waals surface area contributed by atoms with Crippen LogP contribution in [0.5, 0.6) is 0 Å². The summed E-state index contributed by atoms with van der Waals surface area (Å²) >= 11 is 0. The number of rotatable bonds is 6. The van der Waals surface area contributed by atoms with E-state index in [4.69, 9.17) is 10.2 Å². The summed E-state index contributed by atoms with van der Waals surface area (Å²) in [5.41, 5.74) is -0.596. The van der Waals surface area contributed by atoms with Gasteiger partial charge in [-0.05, 0) is 6.42 Å². The fourth-order valence-corrected chi connectivity index (χ4v) is 1.23. The van der Waals surface area contributed by atoms with Crippen LogP contribution in [0, 0.1) is 5.41 Å². The Morgan fingerprint density at radius 2 is 1.86 bits per heavy atom. The summed E-state index contributed by atoms with van der Waals surface area (Å²) < 4.78 is 0. The monoisotopic (exact) mass is 203 g/mol. The molecule has 0 unspecified atom stereocenters. The first-order valence-corrected chi connectivity index (χ1v) is 4.96. The van der Waals surface area contributed by atoms with Crippen molar-refractivity contribution in [2.24, 2.45) is 5.41 Å². The molecule has 4 heteroatoms. The third-order valence-corrected chi connectivity index (χ3v) is 2.27. The number of aliphatic hydroxyl groups excluding tert-OH is 2. The average Bonchev–Trinajstić information content (AvgIpc) is 2.17. The Balaban J connectivity index is 4.33. The molecule has 0 spiro atoms. The van der Waals surface area contributed by atoms with Crippen LogP contribution >= 0.6 is 0 Å². The minimum atomic E-state index is -0.596. The molecule has 84 valence electrons. The van der Waals surface area contributed by atoms with Crippen molar-refractivity contribution in [1.82, 2.24) is 4.90 Å². The lowest BCUT2D eigenvalue weighted by molar-refractivity contribution is -0.131. The minimum Gasteiger partial charge on any atom is -0.396 e. The summed E-state index contributed by atoms with van der Waals surface area (Å²) in [5, 5.41) is 18.2. The van der Waals surface area contributed by atoms with Crippen molar-refractivity contribution >= 4 is 5.91 Å². The van der Waals surface area contributed by atoms with Crippen LogP contribution < -0.4 is 0 Å². The zero-order valence-electron chi connectivity index (χ0n) is 9.29. The maximum absolute atomic E-state index is 11.2. The molecule has 0 aliphatic carbocycles. The maximum Gasteiger partial charge on any atom is 0.219 e. The zero-order chi connectivity index (χ0) is 11.2. The Hall–Kier alpha value is -0.610. The molecule has 0 aromatic heterocycles. The molecule has 0 aromatic carbocycles. The summed E-state index contributed by atoms with van der Waals surface area (Å²) in [6, 6.07) is 0. The molecule has 0 fully saturated rings. The molecule has 1 amide bonds. The summed E-state index contributed by atoms with van der Waals surface area (Å²) in [5.74, 6) is -0.0139. The highest BCUT2D eigenvalue weighted by Gasteiger charge is 2.26. The van der Waals surface area contributed by atoms with Gasteiger partial charge in [0.05, 0.1) is 13.2 Å². The van der Waals surface area contributed by atoms with Gasteiger partial charge in [-0.3, -0.25) is 4.79 Å². The smallest absolute Gasteiger partial charge is 0.219 e. The molecule has 0 aliphatic heterocycles. The highest BCUT2D eigenvalue weighted by molar-refractivity contribution is 5.73. The first kappa shape index (κ1) is 13.4. The van der Waals surface area contributed by atoms with Crippen molar-refractivity contribution in [3.63, 3.8) is 0 Å². The molecule has 0 saturated heterocycles. The van der Waals surface area contributed by atoms with Crippen LogP contribution in [0.4, 0.5) is 0 Å². The predicted molar refractivity (Wildman–Crippen MR) is 54.8 cm³/mol. The highest BCUT2D eigenvalue weighted by Crippen LogP contribution is 2.16. The number of hydrogen-bond donors (Lipinski definition) is 2. The van der Waals surface area contributed by atoms with Gasteiger partial charge in [-0.1, -0.05) is 13.8 Å². The lowest BCUT2D eigenvalue weighted by Crippen LogP contribution is -2.43. The number of aliphatic hydroxyl groups is 2. The SMILES string of the molecule is CCCN(CC(C)(CO)CO)C(C)=O. The van der Waals surface area contributed by atoms with Crippen molar-refractivity contribution in [2.45, 2.75) is 27.2 Å². The lowest BCUT2D eigenvalue weighted by atomic mass is 9.92. The number of carbonyl (C=O) groups excluding carboxylic acids is 1. The molecular weight excluding hydrogens is 182 g/mol. The molecule has 2 N–H and O–H groups in total. The Morgan fingerprint density at radius 1 is 1.36 bits per heavy atom. The summed E-state index contributed by atoms with van der Waals surface area (Å²) in [6.07, 6.45) is 0.881. The van der Waals surface area contributed by atoms with Crippen molar-refractivity contribution in [1.29, 1.82) is 0 Å². The summed E-state index contributed by atoms with van der Waals surface area (Å²) in [7, 11) is 0. The highest BCUT2D eigenvalue weighted by atomic mass is 16.3. The first-order chi connectivity index (χ1) is 6.49. The van der Waals surface area contributed by atoms with E-state index >= 15 is 0 Å². The van der Waals surface area contributed by atoms with E-state index in [0.29, 0.717) is 13.1 Å². The van der Waals surface area contributed by atoms with Crippen LogP contribution in [0.2, 0.25) is 0 Å². The van der Waals surface area contributed by atoms with E-state index < -0.39 is 5.41 Å². The fraction of sp³-hybridized carbons (Fsp3) is 0.900. The van der Waals surface area contributed by atoms with E-state index in [-0.39, 0.29) is 19.1 Å². The van der Waals surface area contributed by atoms with Crippen LogP contribution in [0.25, 0.3) is 0 Å². The normalized spacial score (nSPS) is 11.5. The van der Waals surface area contributed by atoms with Gasteiger partial charge in [0.2, 0.25) is 5.91 Å². The fourth-order valence-electron chi connectivity index (χ4n) is 1.23. The molecule has 0 aromatic rings. The molecule has 0 saturated carbocycles. The number of amides is 1. The van der Waals surface area contributed by atoms with Gasteiger partial charge in [0.15, 0.2) is 0 Å². The average molecular weight is 203 g/mol. The molecule has 4 nitrogen and oxygen atoms in total. The van der Waals surface area contributed by atoms with Crippen molar-refractivity contribution in [3.05, 3.63) is 0 Å². The van der Waals surface area contributed by atoms with Crippen molar-refractivity contribution in [2.75, 3.05) is 26.3 Å². The van der Waals surface area contributed by atoms with Gasteiger partial charge in [0.25, 0.3) is 0 Å². The first-order valence-electron chi connectivity index (χ1n) is 4.96. The summed E-state index contributed by atoms with van der Waals surface area (Å²) in [4.78, 5) is 12.9. The molecule has 14 heavy (non-hydrogen) atoms. The number of hydrogen-bond acceptors (Lipinski definition) is 3. The largest absolute Gasteiger partial charge is 0.396 e. The molecule has 0 bridgehead atoms. The molecule has 0 atom stereocenters. The Labute approximate surface area is 85.5 Å². The predicted octanol–water partition coefficient (Wildman–Crippen LogP) is 0.236. The second kappa shape index (κ2) is 5.98. The van der Waals surface area contributed by atoms with E-state index in [9.17, 15) is 4.79 Å². The van der Waals surface area contributed by atoms with Crippen LogP contribution in [0.3, 0.4) is 0 Å². The van der Waals surface area contributed by atoms with E-state index in [1.807, 2.05) is 6.92 Å². The molecule has 0 radical (unpaired) electrons. The van der Waals surface area contributed by atoms with Gasteiger partial charge in [-0.15, -0.1) is 0 Å². The Morgan fingerprint density at radius 3 is 2.14 bits per heavy atom. The topological polar surface area (TPSA) is 60.8 Å². The van der Waals surface area contributed by atoms with Gasteiger partial charge in [0.1, 0.15) is 0 Å². The second-order valence-electron chi connectivity index (χ2n) is 4.07. The van der Waals surface area contributed by atoms with Gasteiger partial charge < -0.3 is 15.1 Å². The van der Waals surface area contributed by atoms with Crippen LogP contribution in [0.15, 0.2) is 0 Å². The van der Waals surface area contributed by atoms with Gasteiger partial charge in [0, 0.05) is 25.4 Å². The van der Waals surface area contributed by atoms with Gasteiger partial charge in [-0.2, -0.15) is 0 Å². The molecule has 0 aliphatic rings. The van der Waals surface area contributed by atoms with E-state index in [0.717, 1.165) is 6.42 Å². The van der Waals surface area contributed by atoms with Crippen LogP contribution in [-0.2, 0) is 4.79 Å². The van der Waals surface area contributed by atoms with E-state index in [2.05, 4.69) is 0 Å². The maximum atomic E-state index is 11.2. The van der Waals surface area contributed by atoms with Gasteiger partial charge in [-0.25, -0.2) is 0 Å². The molecular formula is C10H21NO3. The minimum absolute atomic E-state index is 0.0139. The van der Waals surface area contributed by atoms with Crippen molar-refractivity contribution in [3.8, 4) is 0 Å². The lowest BCUT2D eigenvalue weighted by Gasteiger charge is -2.32. The third kappa shape index (κ3) is 4.07.